The number of fused-ring (bicyclic) bond motifs is 2. The Hall–Kier alpha value is -1.80. The number of hydrogen-bond acceptors (Lipinski definition) is 2. The molecule has 26 heavy (non-hydrogen) atoms. The number of imidazole rings is 1. The Balaban J connectivity index is 0.00000196. The summed E-state index contributed by atoms with van der Waals surface area (Å²) in [5.74, 6) is 1.24. The van der Waals surface area contributed by atoms with E-state index in [4.69, 9.17) is 17.3 Å². The van der Waals surface area contributed by atoms with Crippen LogP contribution in [0.15, 0.2) is 41.4 Å². The monoisotopic (exact) mass is 481 g/mol. The third-order valence-corrected chi connectivity index (χ3v) is 4.93. The van der Waals surface area contributed by atoms with Crippen LogP contribution >= 0.6 is 35.6 Å². The zero-order valence-corrected chi connectivity index (χ0v) is 17.6. The Bertz CT molecular complexity index is 979. The molecule has 0 spiro atoms. The van der Waals surface area contributed by atoms with Gasteiger partial charge >= 0.3 is 0 Å². The second-order valence-corrected chi connectivity index (χ2v) is 6.82. The fraction of sp³-hybridized carbons (Fsp3) is 0.263. The van der Waals surface area contributed by atoms with Gasteiger partial charge < -0.3 is 15.6 Å². The van der Waals surface area contributed by atoms with Gasteiger partial charge in [0.05, 0.1) is 11.0 Å². The van der Waals surface area contributed by atoms with Crippen molar-refractivity contribution in [2.75, 3.05) is 5.32 Å². The molecule has 0 atom stereocenters. The van der Waals surface area contributed by atoms with Crippen molar-refractivity contribution in [1.29, 1.82) is 0 Å². The highest BCUT2D eigenvalue weighted by atomic mass is 127. The van der Waals surface area contributed by atoms with Gasteiger partial charge in [0, 0.05) is 17.8 Å². The van der Waals surface area contributed by atoms with Crippen LogP contribution in [0.25, 0.3) is 11.0 Å². The molecule has 0 amide bonds. The topological polar surface area (TPSA) is 68.2 Å². The number of guanidine groups is 1. The number of nitrogens with two attached hydrogens (primary N) is 1. The predicted octanol–water partition coefficient (Wildman–Crippen LogP) is 4.26. The lowest BCUT2D eigenvalue weighted by Crippen LogP contribution is -2.23. The van der Waals surface area contributed by atoms with Crippen LogP contribution in [0, 0.1) is 0 Å². The van der Waals surface area contributed by atoms with Gasteiger partial charge in [-0.2, -0.15) is 0 Å². The van der Waals surface area contributed by atoms with Crippen LogP contribution in [-0.4, -0.2) is 15.5 Å². The highest BCUT2D eigenvalue weighted by molar-refractivity contribution is 14.0. The number of nitrogens with zero attached hydrogens (tertiary/aromatic N) is 3. The first kappa shape index (κ1) is 19.0. The summed E-state index contributed by atoms with van der Waals surface area (Å²) >= 11 is 6.03. The average molecular weight is 482 g/mol. The molecule has 0 saturated heterocycles. The van der Waals surface area contributed by atoms with Crippen LogP contribution in [0.4, 0.5) is 5.69 Å². The third kappa shape index (κ3) is 3.81. The molecule has 2 aromatic carbocycles. The first-order valence-corrected chi connectivity index (χ1v) is 8.77. The Morgan fingerprint density at radius 1 is 1.23 bits per heavy atom. The Morgan fingerprint density at radius 3 is 2.88 bits per heavy atom. The number of nitrogens with one attached hydrogen (secondary N) is 1. The summed E-state index contributed by atoms with van der Waals surface area (Å²) in [5.41, 5.74) is 11.8. The Kier molecular flexibility index (Phi) is 5.72. The number of anilines is 1. The molecule has 4 rings (SSSR count). The minimum absolute atomic E-state index is 0. The highest BCUT2D eigenvalue weighted by Crippen LogP contribution is 2.25. The van der Waals surface area contributed by atoms with Gasteiger partial charge in [0.2, 0.25) is 0 Å². The smallest absolute Gasteiger partial charge is 0.193 e. The van der Waals surface area contributed by atoms with Crippen LogP contribution in [-0.2, 0) is 26.4 Å². The minimum Gasteiger partial charge on any atom is -0.370 e. The van der Waals surface area contributed by atoms with Crippen molar-refractivity contribution in [3.63, 3.8) is 0 Å². The maximum absolute atomic E-state index is 6.05. The van der Waals surface area contributed by atoms with E-state index < -0.39 is 0 Å². The van der Waals surface area contributed by atoms with Crippen LogP contribution < -0.4 is 11.1 Å². The van der Waals surface area contributed by atoms with E-state index >= 15 is 0 Å². The zero-order chi connectivity index (χ0) is 17.4. The average Bonchev–Trinajstić information content (AvgIpc) is 3.17. The van der Waals surface area contributed by atoms with Gasteiger partial charge in [0.15, 0.2) is 5.96 Å². The summed E-state index contributed by atoms with van der Waals surface area (Å²) in [6.45, 7) is 0.409. The lowest BCUT2D eigenvalue weighted by molar-refractivity contribution is 0.812. The molecular formula is C19H21ClIN5. The van der Waals surface area contributed by atoms with Crippen LogP contribution in [0.2, 0.25) is 5.02 Å². The predicted molar refractivity (Wildman–Crippen MR) is 119 cm³/mol. The SMILES string of the molecule is Cn1c(CN=C(N)Nc2ccc3c(c2)CCC3)nc2cc(Cl)ccc21.I. The first-order chi connectivity index (χ1) is 12.1. The van der Waals surface area contributed by atoms with E-state index in [0.29, 0.717) is 17.5 Å². The fourth-order valence-corrected chi connectivity index (χ4v) is 3.52. The second kappa shape index (κ2) is 7.84. The van der Waals surface area contributed by atoms with Gasteiger partial charge in [0.1, 0.15) is 12.4 Å². The molecule has 3 aromatic rings. The summed E-state index contributed by atoms with van der Waals surface area (Å²) in [6, 6.07) is 12.1. The number of rotatable bonds is 3. The van der Waals surface area contributed by atoms with E-state index in [9.17, 15) is 0 Å². The molecule has 0 radical (unpaired) electrons. The van der Waals surface area contributed by atoms with Crippen molar-refractivity contribution in [2.45, 2.75) is 25.8 Å². The molecule has 0 aliphatic heterocycles. The van der Waals surface area contributed by atoms with Crippen LogP contribution in [0.1, 0.15) is 23.4 Å². The standard InChI is InChI=1S/C19H20ClN5.HI/c1-25-17-8-6-14(20)10-16(17)24-18(25)11-22-19(21)23-15-7-5-12-3-2-4-13(12)9-15;/h5-10H,2-4,11H2,1H3,(H3,21,22,23);1H. The molecule has 0 bridgehead atoms. The molecule has 7 heteroatoms. The van der Waals surface area contributed by atoms with Crippen molar-refractivity contribution < 1.29 is 0 Å². The minimum atomic E-state index is 0. The fourth-order valence-electron chi connectivity index (χ4n) is 3.36. The number of aromatic nitrogens is 2. The van der Waals surface area contributed by atoms with Gasteiger partial charge in [-0.15, -0.1) is 24.0 Å². The molecule has 136 valence electrons. The normalized spacial score (nSPS) is 13.5. The van der Waals surface area contributed by atoms with E-state index in [1.165, 1.54) is 24.0 Å². The maximum atomic E-state index is 6.05. The maximum Gasteiger partial charge on any atom is 0.193 e. The molecule has 1 aromatic heterocycles. The van der Waals surface area contributed by atoms with Crippen LogP contribution in [0.3, 0.4) is 0 Å². The quantitative estimate of drug-likeness (QED) is 0.334. The van der Waals surface area contributed by atoms with Crippen molar-refractivity contribution >= 4 is 58.3 Å². The van der Waals surface area contributed by atoms with E-state index in [1.54, 1.807) is 0 Å². The lowest BCUT2D eigenvalue weighted by atomic mass is 10.1. The number of aliphatic imine (C=N–C) groups is 1. The van der Waals surface area contributed by atoms with Crippen molar-refractivity contribution in [3.8, 4) is 0 Å². The molecule has 1 aliphatic rings. The van der Waals surface area contributed by atoms with Crippen molar-refractivity contribution in [1.82, 2.24) is 9.55 Å². The Labute approximate surface area is 174 Å². The van der Waals surface area contributed by atoms with Crippen LogP contribution in [0.5, 0.6) is 0 Å². The second-order valence-electron chi connectivity index (χ2n) is 6.38. The number of aryl methyl sites for hydroxylation is 3. The molecule has 1 aliphatic carbocycles. The number of hydrogen-bond donors (Lipinski definition) is 2. The summed E-state index contributed by atoms with van der Waals surface area (Å²) in [7, 11) is 1.97. The van der Waals surface area contributed by atoms with E-state index in [2.05, 4.69) is 33.5 Å². The van der Waals surface area contributed by atoms with Gasteiger partial charge in [-0.25, -0.2) is 9.98 Å². The van der Waals surface area contributed by atoms with Gasteiger partial charge in [-0.3, -0.25) is 0 Å². The number of halogens is 2. The van der Waals surface area contributed by atoms with E-state index in [0.717, 1.165) is 29.0 Å². The molecule has 0 saturated carbocycles. The summed E-state index contributed by atoms with van der Waals surface area (Å²) in [6.07, 6.45) is 3.55. The number of benzene rings is 2. The molecule has 0 unspecified atom stereocenters. The molecule has 0 fully saturated rings. The summed E-state index contributed by atoms with van der Waals surface area (Å²) in [4.78, 5) is 9.02. The molecule has 5 nitrogen and oxygen atoms in total. The largest absolute Gasteiger partial charge is 0.370 e. The van der Waals surface area contributed by atoms with Crippen molar-refractivity contribution in [2.24, 2.45) is 17.8 Å². The Morgan fingerprint density at radius 2 is 2.04 bits per heavy atom. The molecule has 1 heterocycles. The first-order valence-electron chi connectivity index (χ1n) is 8.40. The van der Waals surface area contributed by atoms with Gasteiger partial charge in [-0.05, 0) is 60.7 Å². The third-order valence-electron chi connectivity index (χ3n) is 4.70. The zero-order valence-electron chi connectivity index (χ0n) is 14.5. The van der Waals surface area contributed by atoms with E-state index in [-0.39, 0.29) is 24.0 Å². The van der Waals surface area contributed by atoms with Crippen molar-refractivity contribution in [3.05, 3.63) is 58.4 Å². The summed E-state index contributed by atoms with van der Waals surface area (Å²) in [5, 5.41) is 3.85. The van der Waals surface area contributed by atoms with Gasteiger partial charge in [-0.1, -0.05) is 17.7 Å². The lowest BCUT2D eigenvalue weighted by Gasteiger charge is -2.08. The van der Waals surface area contributed by atoms with E-state index in [1.807, 2.05) is 29.8 Å². The summed E-state index contributed by atoms with van der Waals surface area (Å²) < 4.78 is 2.01. The molecule has 3 N–H and O–H groups in total. The molecular weight excluding hydrogens is 461 g/mol. The van der Waals surface area contributed by atoms with Gasteiger partial charge in [0.25, 0.3) is 0 Å². The highest BCUT2D eigenvalue weighted by Gasteiger charge is 2.11.